The number of rotatable bonds is 9. The molecule has 0 unspecified atom stereocenters. The molecule has 1 aromatic heterocycles. The summed E-state index contributed by atoms with van der Waals surface area (Å²) in [5.41, 5.74) is 8.18. The second-order valence-corrected chi connectivity index (χ2v) is 9.79. The normalized spacial score (nSPS) is 12.7. The molecule has 0 amide bonds. The van der Waals surface area contributed by atoms with Gasteiger partial charge >= 0.3 is 0 Å². The summed E-state index contributed by atoms with van der Waals surface area (Å²) in [4.78, 5) is 0. The zero-order valence-corrected chi connectivity index (χ0v) is 21.9. The van der Waals surface area contributed by atoms with Crippen LogP contribution < -0.4 is 4.74 Å². The van der Waals surface area contributed by atoms with Crippen molar-refractivity contribution in [2.24, 2.45) is 0 Å². The van der Waals surface area contributed by atoms with Gasteiger partial charge in [-0.3, -0.25) is 0 Å². The number of aromatic nitrogens is 1. The average molecular weight is 546 g/mol. The van der Waals surface area contributed by atoms with E-state index in [4.69, 9.17) is 9.47 Å². The molecule has 0 bridgehead atoms. The zero-order chi connectivity index (χ0) is 24.9. The van der Waals surface area contributed by atoms with E-state index >= 15 is 0 Å². The Hall–Kier alpha value is -3.31. The van der Waals surface area contributed by atoms with Gasteiger partial charge in [0, 0.05) is 29.6 Å². The van der Waals surface area contributed by atoms with E-state index in [2.05, 4.69) is 57.8 Å². The zero-order valence-electron chi connectivity index (χ0n) is 20.3. The number of nitrogens with zero attached hydrogens (tertiary/aromatic N) is 1. The van der Waals surface area contributed by atoms with Crippen LogP contribution in [-0.2, 0) is 24.3 Å². The van der Waals surface area contributed by atoms with Crippen LogP contribution in [-0.4, -0.2) is 16.5 Å². The molecule has 4 aromatic rings. The maximum atomic E-state index is 13.7. The van der Waals surface area contributed by atoms with Gasteiger partial charge in [0.05, 0.1) is 18.1 Å². The molecule has 36 heavy (non-hydrogen) atoms. The number of fused-ring (bicyclic) bond motifs is 1. The summed E-state index contributed by atoms with van der Waals surface area (Å²) in [5.74, 6) is 1.64. The first-order valence-corrected chi connectivity index (χ1v) is 13.4. The molecule has 0 spiro atoms. The Morgan fingerprint density at radius 1 is 0.861 bits per heavy atom. The van der Waals surface area contributed by atoms with Crippen LogP contribution in [0.25, 0.3) is 17.3 Å². The van der Waals surface area contributed by atoms with Crippen molar-refractivity contribution >= 4 is 22.0 Å². The van der Waals surface area contributed by atoms with Crippen LogP contribution in [0.1, 0.15) is 34.4 Å². The van der Waals surface area contributed by atoms with Crippen molar-refractivity contribution in [1.82, 2.24) is 4.57 Å². The fourth-order valence-corrected chi connectivity index (χ4v) is 4.97. The van der Waals surface area contributed by atoms with E-state index in [0.717, 1.165) is 53.0 Å². The van der Waals surface area contributed by atoms with E-state index in [-0.39, 0.29) is 5.82 Å². The third-order valence-corrected chi connectivity index (χ3v) is 6.90. The quantitative estimate of drug-likeness (QED) is 0.199. The van der Waals surface area contributed by atoms with Crippen LogP contribution in [0.2, 0.25) is 0 Å². The summed E-state index contributed by atoms with van der Waals surface area (Å²) < 4.78 is 28.0. The lowest BCUT2D eigenvalue weighted by Gasteiger charge is -2.19. The maximum Gasteiger partial charge on any atom is 0.123 e. The number of halogens is 2. The van der Waals surface area contributed by atoms with Gasteiger partial charge in [0.1, 0.15) is 18.2 Å². The minimum atomic E-state index is -0.227. The predicted octanol–water partition coefficient (Wildman–Crippen LogP) is 7.93. The topological polar surface area (TPSA) is 23.4 Å². The molecule has 5 rings (SSSR count). The second kappa shape index (κ2) is 11.2. The van der Waals surface area contributed by atoms with Crippen molar-refractivity contribution in [2.45, 2.75) is 32.9 Å². The van der Waals surface area contributed by atoms with Crippen molar-refractivity contribution in [3.63, 3.8) is 0 Å². The molecule has 0 radical (unpaired) electrons. The molecule has 3 aromatic carbocycles. The van der Waals surface area contributed by atoms with Crippen LogP contribution in [0.3, 0.4) is 0 Å². The molecule has 0 aliphatic heterocycles. The Kier molecular flexibility index (Phi) is 7.57. The van der Waals surface area contributed by atoms with Gasteiger partial charge in [-0.1, -0.05) is 58.4 Å². The van der Waals surface area contributed by atoms with Crippen LogP contribution in [0.15, 0.2) is 84.6 Å². The lowest BCUT2D eigenvalue weighted by atomic mass is 9.99. The van der Waals surface area contributed by atoms with Crippen LogP contribution in [0, 0.1) is 12.7 Å². The van der Waals surface area contributed by atoms with Gasteiger partial charge in [-0.05, 0) is 78.1 Å². The Morgan fingerprint density at radius 3 is 2.33 bits per heavy atom. The van der Waals surface area contributed by atoms with Gasteiger partial charge in [0.2, 0.25) is 0 Å². The van der Waals surface area contributed by atoms with Crippen molar-refractivity contribution in [2.75, 3.05) is 11.9 Å². The van der Waals surface area contributed by atoms with Crippen molar-refractivity contribution in [3.05, 3.63) is 118 Å². The maximum absolute atomic E-state index is 13.7. The molecule has 0 N–H and O–H groups in total. The van der Waals surface area contributed by atoms with E-state index in [1.54, 1.807) is 0 Å². The van der Waals surface area contributed by atoms with Gasteiger partial charge in [-0.2, -0.15) is 0 Å². The van der Waals surface area contributed by atoms with E-state index in [1.807, 2.05) is 42.5 Å². The van der Waals surface area contributed by atoms with Crippen molar-refractivity contribution in [3.8, 4) is 17.0 Å². The molecular formula is C31H29BrFNO2. The van der Waals surface area contributed by atoms with Crippen molar-refractivity contribution < 1.29 is 13.9 Å². The molecule has 1 heterocycles. The van der Waals surface area contributed by atoms with Crippen LogP contribution in [0.4, 0.5) is 4.39 Å². The average Bonchev–Trinajstić information content (AvgIpc) is 3.18. The monoisotopic (exact) mass is 545 g/mol. The summed E-state index contributed by atoms with van der Waals surface area (Å²) in [5, 5.41) is 0.801. The van der Waals surface area contributed by atoms with Crippen LogP contribution >= 0.6 is 15.9 Å². The first-order valence-electron chi connectivity index (χ1n) is 12.3. The highest BCUT2D eigenvalue weighted by Gasteiger charge is 2.24. The lowest BCUT2D eigenvalue weighted by Crippen LogP contribution is -2.10. The highest BCUT2D eigenvalue weighted by atomic mass is 79.9. The van der Waals surface area contributed by atoms with E-state index < -0.39 is 0 Å². The summed E-state index contributed by atoms with van der Waals surface area (Å²) >= 11 is 3.40. The SMILES string of the molecule is Cc1c2c(n(Cc3ccc(OCCBr)cc3)c1-c1ccc(F)cc1)CCC(OCc1ccccc1)=C2. The van der Waals surface area contributed by atoms with Gasteiger partial charge in [0.15, 0.2) is 0 Å². The molecule has 0 atom stereocenters. The third-order valence-electron chi connectivity index (χ3n) is 6.57. The second-order valence-electron chi connectivity index (χ2n) is 8.99. The van der Waals surface area contributed by atoms with Crippen LogP contribution in [0.5, 0.6) is 5.75 Å². The minimum absolute atomic E-state index is 0.227. The number of allylic oxidation sites excluding steroid dienone is 1. The number of ether oxygens (including phenoxy) is 2. The number of benzene rings is 3. The molecular weight excluding hydrogens is 517 g/mol. The fraction of sp³-hybridized carbons (Fsp3) is 0.226. The minimum Gasteiger partial charge on any atom is -0.493 e. The Balaban J connectivity index is 1.48. The molecule has 1 aliphatic rings. The smallest absolute Gasteiger partial charge is 0.123 e. The lowest BCUT2D eigenvalue weighted by molar-refractivity contribution is 0.191. The van der Waals surface area contributed by atoms with Gasteiger partial charge in [-0.15, -0.1) is 0 Å². The number of hydrogen-bond acceptors (Lipinski definition) is 2. The Morgan fingerprint density at radius 2 is 1.61 bits per heavy atom. The van der Waals surface area contributed by atoms with Crippen molar-refractivity contribution in [1.29, 1.82) is 0 Å². The molecule has 3 nitrogen and oxygen atoms in total. The Labute approximate surface area is 220 Å². The molecule has 0 saturated heterocycles. The molecule has 5 heteroatoms. The summed E-state index contributed by atoms with van der Waals surface area (Å²) in [6, 6.07) is 25.3. The van der Waals surface area contributed by atoms with E-state index in [0.29, 0.717) is 13.2 Å². The Bertz CT molecular complexity index is 1340. The highest BCUT2D eigenvalue weighted by molar-refractivity contribution is 9.09. The molecule has 0 fully saturated rings. The van der Waals surface area contributed by atoms with E-state index in [1.165, 1.54) is 34.5 Å². The van der Waals surface area contributed by atoms with E-state index in [9.17, 15) is 4.39 Å². The first-order chi connectivity index (χ1) is 17.6. The standard InChI is InChI=1S/C31H29BrFNO2/c1-22-29-19-28(36-21-24-5-3-2-4-6-24)15-16-30(29)34(31(22)25-9-11-26(33)12-10-25)20-23-7-13-27(14-8-23)35-18-17-32/h2-14,19H,15-18,20-21H2,1H3. The number of alkyl halides is 1. The number of hydrogen-bond donors (Lipinski definition) is 0. The first kappa shape index (κ1) is 24.4. The summed E-state index contributed by atoms with van der Waals surface area (Å²) in [6.07, 6.45) is 3.94. The van der Waals surface area contributed by atoms with Gasteiger partial charge < -0.3 is 14.0 Å². The molecule has 0 saturated carbocycles. The molecule has 1 aliphatic carbocycles. The molecule has 184 valence electrons. The fourth-order valence-electron chi connectivity index (χ4n) is 4.81. The van der Waals surface area contributed by atoms with Gasteiger partial charge in [-0.25, -0.2) is 4.39 Å². The summed E-state index contributed by atoms with van der Waals surface area (Å²) in [7, 11) is 0. The summed E-state index contributed by atoms with van der Waals surface area (Å²) in [6.45, 7) is 4.09. The van der Waals surface area contributed by atoms with Gasteiger partial charge in [0.25, 0.3) is 0 Å². The highest BCUT2D eigenvalue weighted by Crippen LogP contribution is 2.37. The third kappa shape index (κ3) is 5.41. The largest absolute Gasteiger partial charge is 0.493 e. The predicted molar refractivity (Wildman–Crippen MR) is 147 cm³/mol.